The van der Waals surface area contributed by atoms with Crippen LogP contribution in [-0.2, 0) is 0 Å². The molecule has 0 saturated carbocycles. The molecule has 0 spiro atoms. The number of aromatic nitrogens is 2. The molecule has 1 amide bonds. The average molecular weight is 387 g/mol. The first-order valence-electron chi connectivity index (χ1n) is 10.0. The maximum atomic E-state index is 12.4. The minimum Gasteiger partial charge on any atom is -0.370 e. The Bertz CT molecular complexity index is 937. The van der Waals surface area contributed by atoms with Crippen molar-refractivity contribution in [3.63, 3.8) is 0 Å². The highest BCUT2D eigenvalue weighted by Gasteiger charge is 2.13. The van der Waals surface area contributed by atoms with Crippen molar-refractivity contribution < 1.29 is 4.79 Å². The van der Waals surface area contributed by atoms with E-state index in [1.165, 1.54) is 12.8 Å². The van der Waals surface area contributed by atoms with Gasteiger partial charge >= 0.3 is 0 Å². The van der Waals surface area contributed by atoms with Gasteiger partial charge in [-0.3, -0.25) is 4.79 Å². The molecule has 0 atom stereocenters. The molecule has 2 aromatic carbocycles. The molecule has 1 aliphatic rings. The van der Waals surface area contributed by atoms with Gasteiger partial charge in [0.05, 0.1) is 11.9 Å². The molecule has 6 nitrogen and oxygen atoms in total. The van der Waals surface area contributed by atoms with Crippen molar-refractivity contribution in [2.24, 2.45) is 0 Å². The second-order valence-electron chi connectivity index (χ2n) is 7.12. The third-order valence-corrected chi connectivity index (χ3v) is 5.08. The molecule has 0 radical (unpaired) electrons. The van der Waals surface area contributed by atoms with Crippen LogP contribution in [0.3, 0.4) is 0 Å². The topological polar surface area (TPSA) is 70.2 Å². The van der Waals surface area contributed by atoms with Crippen LogP contribution >= 0.6 is 0 Å². The summed E-state index contributed by atoms with van der Waals surface area (Å²) in [4.78, 5) is 14.7. The van der Waals surface area contributed by atoms with Gasteiger partial charge in [-0.25, -0.2) is 0 Å². The molecule has 2 N–H and O–H groups in total. The number of carbonyl (C=O) groups is 1. The van der Waals surface area contributed by atoms with E-state index in [0.717, 1.165) is 35.7 Å². The number of carbonyl (C=O) groups excluding carboxylic acids is 1. The van der Waals surface area contributed by atoms with E-state index in [1.807, 2.05) is 48.5 Å². The first kappa shape index (κ1) is 18.9. The first-order chi connectivity index (χ1) is 14.3. The molecule has 148 valence electrons. The predicted octanol–water partition coefficient (Wildman–Crippen LogP) is 3.59. The third-order valence-electron chi connectivity index (χ3n) is 5.08. The molecule has 4 rings (SSSR count). The highest BCUT2D eigenvalue weighted by Crippen LogP contribution is 2.21. The molecule has 1 aliphatic heterocycles. The van der Waals surface area contributed by atoms with Crippen LogP contribution < -0.4 is 15.5 Å². The second-order valence-corrected chi connectivity index (χ2v) is 7.12. The minimum absolute atomic E-state index is 0.0803. The van der Waals surface area contributed by atoms with Crippen molar-refractivity contribution in [3.8, 4) is 11.1 Å². The van der Waals surface area contributed by atoms with Gasteiger partial charge in [0.2, 0.25) is 0 Å². The molecule has 0 aliphatic carbocycles. The van der Waals surface area contributed by atoms with Crippen molar-refractivity contribution in [2.75, 3.05) is 36.4 Å². The van der Waals surface area contributed by atoms with Crippen molar-refractivity contribution in [2.45, 2.75) is 12.8 Å². The molecular weight excluding hydrogens is 362 g/mol. The maximum absolute atomic E-state index is 12.4. The number of anilines is 2. The number of rotatable bonds is 7. The summed E-state index contributed by atoms with van der Waals surface area (Å²) in [6.45, 7) is 3.25. The summed E-state index contributed by atoms with van der Waals surface area (Å²) >= 11 is 0. The summed E-state index contributed by atoms with van der Waals surface area (Å²) in [6.07, 6.45) is 4.25. The van der Waals surface area contributed by atoms with E-state index in [2.05, 4.69) is 37.9 Å². The van der Waals surface area contributed by atoms with E-state index in [-0.39, 0.29) is 5.91 Å². The van der Waals surface area contributed by atoms with Gasteiger partial charge in [0.1, 0.15) is 0 Å². The lowest BCUT2D eigenvalue weighted by Gasteiger charge is -2.17. The zero-order chi connectivity index (χ0) is 19.9. The van der Waals surface area contributed by atoms with Crippen LogP contribution in [-0.4, -0.2) is 42.3 Å². The van der Waals surface area contributed by atoms with Crippen LogP contribution in [0.25, 0.3) is 11.1 Å². The predicted molar refractivity (Wildman–Crippen MR) is 116 cm³/mol. The maximum Gasteiger partial charge on any atom is 0.251 e. The highest BCUT2D eigenvalue weighted by atomic mass is 16.1. The fraction of sp³-hybridized carbons (Fsp3) is 0.261. The van der Waals surface area contributed by atoms with Crippen LogP contribution in [0, 0.1) is 0 Å². The van der Waals surface area contributed by atoms with E-state index in [9.17, 15) is 4.79 Å². The van der Waals surface area contributed by atoms with Crippen LogP contribution in [0.15, 0.2) is 66.9 Å². The van der Waals surface area contributed by atoms with Gasteiger partial charge in [0.15, 0.2) is 5.82 Å². The summed E-state index contributed by atoms with van der Waals surface area (Å²) in [5.41, 5.74) is 3.99. The van der Waals surface area contributed by atoms with Gasteiger partial charge in [-0.2, -0.15) is 5.10 Å². The number of nitrogens with zero attached hydrogens (tertiary/aromatic N) is 3. The molecule has 3 aromatic rings. The fourth-order valence-corrected chi connectivity index (χ4v) is 3.50. The number of hydrogen-bond donors (Lipinski definition) is 2. The van der Waals surface area contributed by atoms with E-state index in [4.69, 9.17) is 0 Å². The Morgan fingerprint density at radius 3 is 2.41 bits per heavy atom. The van der Waals surface area contributed by atoms with E-state index < -0.39 is 0 Å². The summed E-state index contributed by atoms with van der Waals surface area (Å²) in [5, 5.41) is 14.4. The van der Waals surface area contributed by atoms with Crippen LogP contribution in [0.1, 0.15) is 23.2 Å². The van der Waals surface area contributed by atoms with Gasteiger partial charge in [-0.15, -0.1) is 5.10 Å². The van der Waals surface area contributed by atoms with Gasteiger partial charge in [0.25, 0.3) is 5.91 Å². The standard InChI is InChI=1S/C23H25N5O/c29-23(20-10-8-19(9-11-20)18-6-2-1-3-7-18)25-13-12-24-22-16-21(17-26-27-22)28-14-4-5-15-28/h1-3,6-11,16-17H,4-5,12-15H2,(H,24,27)(H,25,29). The lowest BCUT2D eigenvalue weighted by Crippen LogP contribution is -2.29. The third kappa shape index (κ3) is 4.90. The van der Waals surface area contributed by atoms with E-state index in [0.29, 0.717) is 18.7 Å². The van der Waals surface area contributed by atoms with Crippen LogP contribution in [0.2, 0.25) is 0 Å². The SMILES string of the molecule is O=C(NCCNc1cc(N2CCCC2)cnn1)c1ccc(-c2ccccc2)cc1. The summed E-state index contributed by atoms with van der Waals surface area (Å²) in [5.74, 6) is 0.652. The smallest absolute Gasteiger partial charge is 0.251 e. The molecule has 29 heavy (non-hydrogen) atoms. The molecule has 6 heteroatoms. The first-order valence-corrected chi connectivity index (χ1v) is 10.0. The monoisotopic (exact) mass is 387 g/mol. The average Bonchev–Trinajstić information content (AvgIpc) is 3.33. The summed E-state index contributed by atoms with van der Waals surface area (Å²) < 4.78 is 0. The summed E-state index contributed by atoms with van der Waals surface area (Å²) in [7, 11) is 0. The molecule has 1 aromatic heterocycles. The molecule has 1 fully saturated rings. The number of benzene rings is 2. The molecule has 0 unspecified atom stereocenters. The second kappa shape index (κ2) is 9.19. The van der Waals surface area contributed by atoms with Gasteiger partial charge in [0, 0.05) is 37.8 Å². The number of nitrogens with one attached hydrogen (secondary N) is 2. The zero-order valence-electron chi connectivity index (χ0n) is 16.3. The molecular formula is C23H25N5O. The van der Waals surface area contributed by atoms with Crippen molar-refractivity contribution >= 4 is 17.4 Å². The minimum atomic E-state index is -0.0803. The van der Waals surface area contributed by atoms with Crippen LogP contribution in [0.4, 0.5) is 11.5 Å². The Balaban J connectivity index is 1.25. The lowest BCUT2D eigenvalue weighted by molar-refractivity contribution is 0.0955. The quantitative estimate of drug-likeness (QED) is 0.607. The largest absolute Gasteiger partial charge is 0.370 e. The number of hydrogen-bond acceptors (Lipinski definition) is 5. The van der Waals surface area contributed by atoms with E-state index in [1.54, 1.807) is 6.20 Å². The van der Waals surface area contributed by atoms with Gasteiger partial charge in [-0.1, -0.05) is 42.5 Å². The van der Waals surface area contributed by atoms with Crippen molar-refractivity contribution in [3.05, 3.63) is 72.4 Å². The number of amides is 1. The molecule has 2 heterocycles. The van der Waals surface area contributed by atoms with Crippen molar-refractivity contribution in [1.29, 1.82) is 0 Å². The molecule has 0 bridgehead atoms. The van der Waals surface area contributed by atoms with Crippen LogP contribution in [0.5, 0.6) is 0 Å². The summed E-state index contributed by atoms with van der Waals surface area (Å²) in [6, 6.07) is 19.8. The Kier molecular flexibility index (Phi) is 6.00. The Hall–Kier alpha value is -3.41. The molecule has 1 saturated heterocycles. The van der Waals surface area contributed by atoms with E-state index >= 15 is 0 Å². The van der Waals surface area contributed by atoms with Gasteiger partial charge < -0.3 is 15.5 Å². The lowest BCUT2D eigenvalue weighted by atomic mass is 10.0. The normalized spacial score (nSPS) is 13.3. The zero-order valence-corrected chi connectivity index (χ0v) is 16.3. The van der Waals surface area contributed by atoms with Crippen molar-refractivity contribution in [1.82, 2.24) is 15.5 Å². The Morgan fingerprint density at radius 1 is 0.931 bits per heavy atom. The van der Waals surface area contributed by atoms with Gasteiger partial charge in [-0.05, 0) is 36.1 Å². The highest BCUT2D eigenvalue weighted by molar-refractivity contribution is 5.94. The Morgan fingerprint density at radius 2 is 1.66 bits per heavy atom. The fourth-order valence-electron chi connectivity index (χ4n) is 3.50. The Labute approximate surface area is 171 Å².